The minimum Gasteiger partial charge on any atom is -0.320 e. The molecule has 4 rings (SSSR count). The van der Waals surface area contributed by atoms with Crippen molar-refractivity contribution in [2.45, 2.75) is 0 Å². The van der Waals surface area contributed by atoms with Crippen LogP contribution >= 0.6 is 34.5 Å². The maximum absolute atomic E-state index is 13.6. The lowest BCUT2D eigenvalue weighted by molar-refractivity contribution is -0.105. The first-order valence-corrected chi connectivity index (χ1v) is 11.5. The van der Waals surface area contributed by atoms with Crippen molar-refractivity contribution in [3.63, 3.8) is 0 Å². The van der Waals surface area contributed by atoms with Crippen molar-refractivity contribution < 1.29 is 18.4 Å². The summed E-state index contributed by atoms with van der Waals surface area (Å²) in [6.07, 6.45) is 0.509. The van der Waals surface area contributed by atoms with Gasteiger partial charge in [-0.25, -0.2) is 8.78 Å². The van der Waals surface area contributed by atoms with Crippen LogP contribution in [-0.4, -0.2) is 19.4 Å². The molecular weight excluding hydrogens is 501 g/mol. The Morgan fingerprint density at radius 1 is 0.912 bits per heavy atom. The summed E-state index contributed by atoms with van der Waals surface area (Å²) in [5.74, 6) is -2.22. The van der Waals surface area contributed by atoms with Gasteiger partial charge in [0.1, 0.15) is 5.00 Å². The highest BCUT2D eigenvalue weighted by molar-refractivity contribution is 7.15. The van der Waals surface area contributed by atoms with E-state index in [-0.39, 0.29) is 5.91 Å². The van der Waals surface area contributed by atoms with Crippen molar-refractivity contribution in [3.05, 3.63) is 93.3 Å². The number of amides is 2. The van der Waals surface area contributed by atoms with Gasteiger partial charge in [0.05, 0.1) is 5.56 Å². The molecular formula is C25H16Cl2F2N2O2S. The van der Waals surface area contributed by atoms with Crippen LogP contribution in [-0.2, 0) is 4.79 Å². The molecule has 9 heteroatoms. The van der Waals surface area contributed by atoms with Gasteiger partial charge in [0, 0.05) is 33.7 Å². The molecule has 0 aliphatic heterocycles. The molecule has 0 bridgehead atoms. The first-order valence-electron chi connectivity index (χ1n) is 9.90. The molecule has 0 radical (unpaired) electrons. The van der Waals surface area contributed by atoms with Gasteiger partial charge in [-0.2, -0.15) is 0 Å². The monoisotopic (exact) mass is 516 g/mol. The van der Waals surface area contributed by atoms with E-state index in [2.05, 4.69) is 5.32 Å². The van der Waals surface area contributed by atoms with Crippen LogP contribution < -0.4 is 10.2 Å². The van der Waals surface area contributed by atoms with Crippen molar-refractivity contribution in [2.75, 3.05) is 17.3 Å². The number of nitrogens with zero attached hydrogens (tertiary/aromatic N) is 1. The maximum atomic E-state index is 13.6. The number of hydrogen-bond donors (Lipinski definition) is 1. The molecule has 1 aromatic heterocycles. The average Bonchev–Trinajstić information content (AvgIpc) is 3.23. The molecule has 4 nitrogen and oxygen atoms in total. The van der Waals surface area contributed by atoms with Crippen molar-refractivity contribution in [1.82, 2.24) is 0 Å². The summed E-state index contributed by atoms with van der Waals surface area (Å²) < 4.78 is 26.9. The Morgan fingerprint density at radius 2 is 1.53 bits per heavy atom. The largest absolute Gasteiger partial charge is 0.320 e. The Balaban J connectivity index is 1.72. The Labute approximate surface area is 208 Å². The minimum atomic E-state index is -0.930. The van der Waals surface area contributed by atoms with Gasteiger partial charge in [-0.3, -0.25) is 9.59 Å². The molecule has 2 amide bonds. The van der Waals surface area contributed by atoms with Gasteiger partial charge in [-0.15, -0.1) is 11.3 Å². The highest BCUT2D eigenvalue weighted by Crippen LogP contribution is 2.38. The fourth-order valence-electron chi connectivity index (χ4n) is 3.48. The molecule has 0 aliphatic rings. The van der Waals surface area contributed by atoms with Crippen LogP contribution in [0.3, 0.4) is 0 Å². The molecule has 3 aromatic carbocycles. The third-order valence-electron chi connectivity index (χ3n) is 5.18. The van der Waals surface area contributed by atoms with E-state index in [1.807, 2.05) is 0 Å². The predicted octanol–water partition coefficient (Wildman–Crippen LogP) is 7.51. The van der Waals surface area contributed by atoms with Crippen LogP contribution in [0, 0.1) is 11.6 Å². The molecule has 4 aromatic rings. The summed E-state index contributed by atoms with van der Waals surface area (Å²) in [7, 11) is 1.59. The Kier molecular flexibility index (Phi) is 6.97. The third kappa shape index (κ3) is 4.82. The Bertz CT molecular complexity index is 1370. The summed E-state index contributed by atoms with van der Waals surface area (Å²) >= 11 is 13.4. The summed E-state index contributed by atoms with van der Waals surface area (Å²) in [6.45, 7) is 0. The SMILES string of the molecule is CN(C(=O)c1c(-c2ccc(-c3ccc(F)c(F)c3)cc2)csc1NC=O)c1cc(Cl)cc(Cl)c1. The van der Waals surface area contributed by atoms with Crippen molar-refractivity contribution in [1.29, 1.82) is 0 Å². The summed E-state index contributed by atoms with van der Waals surface area (Å²) in [6, 6.07) is 15.5. The van der Waals surface area contributed by atoms with Crippen molar-refractivity contribution in [2.24, 2.45) is 0 Å². The van der Waals surface area contributed by atoms with E-state index in [1.165, 1.54) is 22.3 Å². The van der Waals surface area contributed by atoms with Gasteiger partial charge in [0.15, 0.2) is 11.6 Å². The van der Waals surface area contributed by atoms with Crippen LogP contribution in [0.15, 0.2) is 66.0 Å². The van der Waals surface area contributed by atoms with Crippen LogP contribution in [0.5, 0.6) is 0 Å². The number of hydrogen-bond acceptors (Lipinski definition) is 3. The number of carbonyl (C=O) groups excluding carboxylic acids is 2. The van der Waals surface area contributed by atoms with Gasteiger partial charge in [-0.05, 0) is 47.0 Å². The normalized spacial score (nSPS) is 10.7. The van der Waals surface area contributed by atoms with E-state index in [9.17, 15) is 18.4 Å². The van der Waals surface area contributed by atoms with E-state index in [1.54, 1.807) is 54.9 Å². The highest BCUT2D eigenvalue weighted by Gasteiger charge is 2.24. The molecule has 34 heavy (non-hydrogen) atoms. The molecule has 0 fully saturated rings. The van der Waals surface area contributed by atoms with Crippen LogP contribution in [0.25, 0.3) is 22.3 Å². The van der Waals surface area contributed by atoms with Crippen molar-refractivity contribution >= 4 is 57.5 Å². The van der Waals surface area contributed by atoms with E-state index >= 15 is 0 Å². The lowest BCUT2D eigenvalue weighted by atomic mass is 9.99. The minimum absolute atomic E-state index is 0.302. The highest BCUT2D eigenvalue weighted by atomic mass is 35.5. The number of halogens is 4. The number of carbonyl (C=O) groups is 2. The topological polar surface area (TPSA) is 49.4 Å². The first-order chi connectivity index (χ1) is 16.3. The fraction of sp³-hybridized carbons (Fsp3) is 0.0400. The number of rotatable bonds is 6. The van der Waals surface area contributed by atoms with Gasteiger partial charge < -0.3 is 10.2 Å². The lowest BCUT2D eigenvalue weighted by Crippen LogP contribution is -2.27. The number of anilines is 2. The predicted molar refractivity (Wildman–Crippen MR) is 134 cm³/mol. The lowest BCUT2D eigenvalue weighted by Gasteiger charge is -2.19. The standard InChI is InChI=1S/C25H16Cl2F2N2O2S/c1-31(19-10-17(26)9-18(27)11-19)25(33)23-20(12-34-24(23)30-13-32)15-4-2-14(3-5-15)16-6-7-21(28)22(29)8-16/h2-13H,1H3,(H,30,32). The Hall–Kier alpha value is -3.26. The average molecular weight is 517 g/mol. The van der Waals surface area contributed by atoms with Crippen LogP contribution in [0.4, 0.5) is 19.5 Å². The molecule has 0 saturated carbocycles. The molecule has 1 N–H and O–H groups in total. The van der Waals surface area contributed by atoms with Crippen LogP contribution in [0.2, 0.25) is 10.0 Å². The molecule has 1 heterocycles. The summed E-state index contributed by atoms with van der Waals surface area (Å²) in [5.41, 5.74) is 3.32. The van der Waals surface area contributed by atoms with Crippen LogP contribution in [0.1, 0.15) is 10.4 Å². The second-order valence-electron chi connectivity index (χ2n) is 7.31. The maximum Gasteiger partial charge on any atom is 0.261 e. The van der Waals surface area contributed by atoms with E-state index in [4.69, 9.17) is 23.2 Å². The summed E-state index contributed by atoms with van der Waals surface area (Å²) in [5, 5.41) is 5.51. The molecule has 0 unspecified atom stereocenters. The van der Waals surface area contributed by atoms with E-state index in [0.29, 0.717) is 55.0 Å². The number of benzene rings is 3. The quantitative estimate of drug-likeness (QED) is 0.269. The van der Waals surface area contributed by atoms with Gasteiger partial charge in [0.2, 0.25) is 6.41 Å². The van der Waals surface area contributed by atoms with Gasteiger partial charge >= 0.3 is 0 Å². The number of nitrogens with one attached hydrogen (secondary N) is 1. The number of thiophene rings is 1. The molecule has 0 aliphatic carbocycles. The first kappa shape index (κ1) is 23.9. The molecule has 0 atom stereocenters. The van der Waals surface area contributed by atoms with Gasteiger partial charge in [-0.1, -0.05) is 53.5 Å². The molecule has 172 valence electrons. The molecule has 0 spiro atoms. The van der Waals surface area contributed by atoms with E-state index in [0.717, 1.165) is 12.1 Å². The Morgan fingerprint density at radius 3 is 2.15 bits per heavy atom. The molecule has 0 saturated heterocycles. The fourth-order valence-corrected chi connectivity index (χ4v) is 4.91. The smallest absolute Gasteiger partial charge is 0.261 e. The van der Waals surface area contributed by atoms with Crippen molar-refractivity contribution in [3.8, 4) is 22.3 Å². The third-order valence-corrected chi connectivity index (χ3v) is 6.53. The van der Waals surface area contributed by atoms with Gasteiger partial charge in [0.25, 0.3) is 5.91 Å². The zero-order valence-corrected chi connectivity index (χ0v) is 19.9. The zero-order chi connectivity index (χ0) is 24.4. The van der Waals surface area contributed by atoms with E-state index < -0.39 is 11.6 Å². The zero-order valence-electron chi connectivity index (χ0n) is 17.6. The summed E-state index contributed by atoms with van der Waals surface area (Å²) in [4.78, 5) is 26.0. The second-order valence-corrected chi connectivity index (χ2v) is 9.07. The second kappa shape index (κ2) is 9.93.